The van der Waals surface area contributed by atoms with E-state index in [0.717, 1.165) is 6.07 Å². The number of hydrogen-bond donors (Lipinski definition) is 3. The summed E-state index contributed by atoms with van der Waals surface area (Å²) in [5, 5.41) is 12.3. The number of nitrogens with two attached hydrogens (primary N) is 1. The lowest BCUT2D eigenvalue weighted by Gasteiger charge is -2.11. The lowest BCUT2D eigenvalue weighted by Crippen LogP contribution is -2.27. The highest BCUT2D eigenvalue weighted by Crippen LogP contribution is 2.37. The van der Waals surface area contributed by atoms with Gasteiger partial charge in [-0.25, -0.2) is 14.4 Å². The SMILES string of the molecule is COc1ccc(-c2nc(C(=O)NCc3c(F)cccc3Cl)c([C@@H](N)CO)o2)c2ccc(C(F)(F)F)nc12. The Hall–Kier alpha value is -3.74. The van der Waals surface area contributed by atoms with Crippen molar-refractivity contribution in [3.05, 3.63) is 76.0 Å². The Morgan fingerprint density at radius 2 is 1.97 bits per heavy atom. The highest BCUT2D eigenvalue weighted by Gasteiger charge is 2.33. The van der Waals surface area contributed by atoms with Gasteiger partial charge in [0.05, 0.1) is 19.8 Å². The number of nitrogens with one attached hydrogen (secondary N) is 1. The van der Waals surface area contributed by atoms with E-state index in [2.05, 4.69) is 15.3 Å². The van der Waals surface area contributed by atoms with Crippen molar-refractivity contribution in [3.63, 3.8) is 0 Å². The number of aromatic nitrogens is 2. The number of alkyl halides is 3. The van der Waals surface area contributed by atoms with E-state index in [1.54, 1.807) is 0 Å². The Balaban J connectivity index is 1.77. The molecule has 194 valence electrons. The normalized spacial score (nSPS) is 12.5. The molecule has 4 aromatic rings. The van der Waals surface area contributed by atoms with E-state index in [-0.39, 0.29) is 56.7 Å². The van der Waals surface area contributed by atoms with Crippen LogP contribution in [0.15, 0.2) is 46.9 Å². The number of aliphatic hydroxyl groups is 1. The van der Waals surface area contributed by atoms with Gasteiger partial charge in [0.2, 0.25) is 5.89 Å². The number of carbonyl (C=O) groups excluding carboxylic acids is 1. The second-order valence-electron chi connectivity index (χ2n) is 7.81. The Labute approximate surface area is 212 Å². The summed E-state index contributed by atoms with van der Waals surface area (Å²) in [5.74, 6) is -1.70. The van der Waals surface area contributed by atoms with Crippen molar-refractivity contribution in [1.29, 1.82) is 0 Å². The lowest BCUT2D eigenvalue weighted by molar-refractivity contribution is -0.140. The molecule has 0 saturated heterocycles. The molecule has 2 aromatic heterocycles. The predicted octanol–water partition coefficient (Wildman–Crippen LogP) is 4.63. The molecule has 4 rings (SSSR count). The molecule has 4 N–H and O–H groups in total. The maximum absolute atomic E-state index is 14.1. The molecule has 0 aliphatic heterocycles. The molecule has 1 amide bonds. The standard InChI is InChI=1S/C24H19ClF4N4O4/c1-36-17-7-5-12(11-6-8-18(24(27,28)29)32-19(11)17)23-33-20(21(37-23)16(30)10-34)22(35)31-9-13-14(25)3-2-4-15(13)26/h2-8,16,34H,9-10,30H2,1H3,(H,31,35)/t16-/m0/s1. The molecule has 0 fully saturated rings. The average Bonchev–Trinajstić information content (AvgIpc) is 3.31. The third-order valence-corrected chi connectivity index (χ3v) is 5.80. The number of nitrogens with zero attached hydrogens (tertiary/aromatic N) is 2. The average molecular weight is 539 g/mol. The largest absolute Gasteiger partial charge is 0.494 e. The Kier molecular flexibility index (Phi) is 7.35. The number of hydrogen-bond acceptors (Lipinski definition) is 7. The van der Waals surface area contributed by atoms with E-state index >= 15 is 0 Å². The van der Waals surface area contributed by atoms with Crippen LogP contribution in [0.5, 0.6) is 5.75 Å². The third kappa shape index (κ3) is 5.22. The Morgan fingerprint density at radius 3 is 2.62 bits per heavy atom. The smallest absolute Gasteiger partial charge is 0.433 e. The number of benzene rings is 2. The van der Waals surface area contributed by atoms with Crippen LogP contribution in [-0.4, -0.2) is 34.7 Å². The molecule has 0 aliphatic rings. The minimum Gasteiger partial charge on any atom is -0.494 e. The lowest BCUT2D eigenvalue weighted by atomic mass is 10.1. The van der Waals surface area contributed by atoms with Crippen molar-refractivity contribution in [1.82, 2.24) is 15.3 Å². The highest BCUT2D eigenvalue weighted by atomic mass is 35.5. The van der Waals surface area contributed by atoms with Gasteiger partial charge in [-0.15, -0.1) is 0 Å². The van der Waals surface area contributed by atoms with E-state index in [0.29, 0.717) is 0 Å². The number of ether oxygens (including phenoxy) is 1. The molecule has 0 saturated carbocycles. The van der Waals surface area contributed by atoms with Crippen molar-refractivity contribution >= 4 is 28.4 Å². The van der Waals surface area contributed by atoms with Crippen LogP contribution in [0, 0.1) is 5.82 Å². The molecule has 37 heavy (non-hydrogen) atoms. The summed E-state index contributed by atoms with van der Waals surface area (Å²) < 4.78 is 64.7. The van der Waals surface area contributed by atoms with Gasteiger partial charge in [0, 0.05) is 28.1 Å². The first-order valence-corrected chi connectivity index (χ1v) is 11.1. The van der Waals surface area contributed by atoms with Crippen molar-refractivity contribution in [2.75, 3.05) is 13.7 Å². The molecule has 1 atom stereocenters. The molecular weight excluding hydrogens is 520 g/mol. The monoisotopic (exact) mass is 538 g/mol. The minimum absolute atomic E-state index is 0.0435. The van der Waals surface area contributed by atoms with Crippen LogP contribution in [0.1, 0.15) is 33.5 Å². The fourth-order valence-corrected chi connectivity index (χ4v) is 3.83. The van der Waals surface area contributed by atoms with E-state index in [1.165, 1.54) is 43.5 Å². The molecule has 0 unspecified atom stereocenters. The minimum atomic E-state index is -4.69. The summed E-state index contributed by atoms with van der Waals surface area (Å²) in [4.78, 5) is 20.8. The van der Waals surface area contributed by atoms with Gasteiger partial charge in [0.15, 0.2) is 11.5 Å². The second kappa shape index (κ2) is 10.3. The summed E-state index contributed by atoms with van der Waals surface area (Å²) in [7, 11) is 1.28. The van der Waals surface area contributed by atoms with Gasteiger partial charge in [-0.2, -0.15) is 13.2 Å². The molecule has 2 aromatic carbocycles. The van der Waals surface area contributed by atoms with Gasteiger partial charge in [-0.3, -0.25) is 4.79 Å². The summed E-state index contributed by atoms with van der Waals surface area (Å²) in [6, 6.07) is 7.72. The van der Waals surface area contributed by atoms with Gasteiger partial charge in [-0.1, -0.05) is 17.7 Å². The number of fused-ring (bicyclic) bond motifs is 1. The van der Waals surface area contributed by atoms with Gasteiger partial charge in [-0.05, 0) is 36.4 Å². The molecular formula is C24H19ClF4N4O4. The van der Waals surface area contributed by atoms with E-state index < -0.39 is 36.2 Å². The summed E-state index contributed by atoms with van der Waals surface area (Å²) in [6.45, 7) is -0.885. The van der Waals surface area contributed by atoms with Crippen LogP contribution in [0.25, 0.3) is 22.4 Å². The Morgan fingerprint density at radius 1 is 1.22 bits per heavy atom. The predicted molar refractivity (Wildman–Crippen MR) is 125 cm³/mol. The van der Waals surface area contributed by atoms with Crippen molar-refractivity contribution in [3.8, 4) is 17.2 Å². The summed E-state index contributed by atoms with van der Waals surface area (Å²) in [6.07, 6.45) is -4.69. The first kappa shape index (κ1) is 26.3. The Bertz CT molecular complexity index is 1460. The van der Waals surface area contributed by atoms with Gasteiger partial charge < -0.3 is 25.3 Å². The van der Waals surface area contributed by atoms with Crippen LogP contribution in [0.3, 0.4) is 0 Å². The zero-order valence-corrected chi connectivity index (χ0v) is 19.8. The number of pyridine rings is 1. The van der Waals surface area contributed by atoms with Gasteiger partial charge in [0.25, 0.3) is 5.91 Å². The van der Waals surface area contributed by atoms with E-state index in [4.69, 9.17) is 26.5 Å². The molecule has 13 heteroatoms. The molecule has 0 radical (unpaired) electrons. The molecule has 0 aliphatic carbocycles. The number of rotatable bonds is 7. The number of halogens is 5. The number of aliphatic hydroxyl groups excluding tert-OH is 1. The topological polar surface area (TPSA) is 124 Å². The van der Waals surface area contributed by atoms with Gasteiger partial charge in [0.1, 0.15) is 22.8 Å². The van der Waals surface area contributed by atoms with Crippen molar-refractivity contribution in [2.24, 2.45) is 5.73 Å². The molecule has 8 nitrogen and oxygen atoms in total. The zero-order chi connectivity index (χ0) is 26.9. The number of carbonyl (C=O) groups is 1. The fraction of sp³-hybridized carbons (Fsp3) is 0.208. The van der Waals surface area contributed by atoms with E-state index in [1.807, 2.05) is 0 Å². The second-order valence-corrected chi connectivity index (χ2v) is 8.22. The zero-order valence-electron chi connectivity index (χ0n) is 19.1. The van der Waals surface area contributed by atoms with Crippen LogP contribution in [0.4, 0.5) is 17.6 Å². The highest BCUT2D eigenvalue weighted by molar-refractivity contribution is 6.31. The number of oxazole rings is 1. The molecule has 0 spiro atoms. The first-order chi connectivity index (χ1) is 17.5. The number of methoxy groups -OCH3 is 1. The quantitative estimate of drug-likeness (QED) is 0.293. The maximum Gasteiger partial charge on any atom is 0.433 e. The van der Waals surface area contributed by atoms with E-state index in [9.17, 15) is 27.5 Å². The number of amides is 1. The van der Waals surface area contributed by atoms with Gasteiger partial charge >= 0.3 is 6.18 Å². The van der Waals surface area contributed by atoms with Crippen LogP contribution in [-0.2, 0) is 12.7 Å². The summed E-state index contributed by atoms with van der Waals surface area (Å²) >= 11 is 6.00. The third-order valence-electron chi connectivity index (χ3n) is 5.45. The van der Waals surface area contributed by atoms with Crippen LogP contribution >= 0.6 is 11.6 Å². The molecule has 2 heterocycles. The fourth-order valence-electron chi connectivity index (χ4n) is 3.60. The first-order valence-electron chi connectivity index (χ1n) is 10.7. The van der Waals surface area contributed by atoms with Crippen molar-refractivity contribution < 1.29 is 36.6 Å². The van der Waals surface area contributed by atoms with Crippen LogP contribution < -0.4 is 15.8 Å². The maximum atomic E-state index is 14.1. The molecule has 0 bridgehead atoms. The summed E-state index contributed by atoms with van der Waals surface area (Å²) in [5.41, 5.74) is 4.61. The van der Waals surface area contributed by atoms with Crippen LogP contribution in [0.2, 0.25) is 5.02 Å². The van der Waals surface area contributed by atoms with Crippen molar-refractivity contribution in [2.45, 2.75) is 18.8 Å².